The molecule has 0 aromatic heterocycles. The maximum Gasteiger partial charge on any atom is 0.224 e. The molecule has 0 fully saturated rings. The molecule has 0 radical (unpaired) electrons. The lowest BCUT2D eigenvalue weighted by Gasteiger charge is -2.09. The van der Waals surface area contributed by atoms with Crippen molar-refractivity contribution in [2.75, 3.05) is 5.32 Å². The maximum atomic E-state index is 12.4. The molecule has 2 aromatic rings. The zero-order valence-electron chi connectivity index (χ0n) is 11.4. The number of hydrogen-bond acceptors (Lipinski definition) is 2. The van der Waals surface area contributed by atoms with Crippen molar-refractivity contribution in [2.24, 2.45) is 0 Å². The van der Waals surface area contributed by atoms with E-state index in [0.717, 1.165) is 5.56 Å². The van der Waals surface area contributed by atoms with Crippen LogP contribution in [0.5, 0.6) is 0 Å². The second-order valence-electron chi connectivity index (χ2n) is 4.53. The van der Waals surface area contributed by atoms with Crippen LogP contribution in [0.3, 0.4) is 0 Å². The van der Waals surface area contributed by atoms with Crippen molar-refractivity contribution >= 4 is 17.4 Å². The summed E-state index contributed by atoms with van der Waals surface area (Å²) in [5.41, 5.74) is 2.10. The van der Waals surface area contributed by atoms with Crippen molar-refractivity contribution in [3.63, 3.8) is 0 Å². The molecule has 0 atom stereocenters. The van der Waals surface area contributed by atoms with E-state index in [-0.39, 0.29) is 11.7 Å². The lowest BCUT2D eigenvalue weighted by molar-refractivity contribution is -0.115. The van der Waals surface area contributed by atoms with Gasteiger partial charge < -0.3 is 5.32 Å². The smallest absolute Gasteiger partial charge is 0.224 e. The standard InChI is InChI=1S/C17H17NO2/c1-2-17(20)18-15-11-7-6-10-14(15)16(19)12-13-8-4-3-5-9-13/h3-11H,2,12H2,1H3,(H,18,20). The molecule has 0 spiro atoms. The van der Waals surface area contributed by atoms with Crippen LogP contribution < -0.4 is 5.32 Å². The molecule has 0 unspecified atom stereocenters. The summed E-state index contributed by atoms with van der Waals surface area (Å²) < 4.78 is 0. The number of amides is 1. The Balaban J connectivity index is 2.19. The zero-order chi connectivity index (χ0) is 14.4. The molecule has 102 valence electrons. The van der Waals surface area contributed by atoms with E-state index in [2.05, 4.69) is 5.32 Å². The average Bonchev–Trinajstić information content (AvgIpc) is 2.48. The Morgan fingerprint density at radius 1 is 0.950 bits per heavy atom. The average molecular weight is 267 g/mol. The molecule has 0 saturated heterocycles. The molecule has 0 aliphatic heterocycles. The summed E-state index contributed by atoms with van der Waals surface area (Å²) >= 11 is 0. The summed E-state index contributed by atoms with van der Waals surface area (Å²) in [6.45, 7) is 1.78. The lowest BCUT2D eigenvalue weighted by atomic mass is 10.0. The quantitative estimate of drug-likeness (QED) is 0.843. The summed E-state index contributed by atoms with van der Waals surface area (Å²) in [5.74, 6) is -0.0897. The third-order valence-electron chi connectivity index (χ3n) is 3.03. The third-order valence-corrected chi connectivity index (χ3v) is 3.03. The fraction of sp³-hybridized carbons (Fsp3) is 0.176. The van der Waals surface area contributed by atoms with Gasteiger partial charge in [0.15, 0.2) is 5.78 Å². The Labute approximate surface area is 118 Å². The van der Waals surface area contributed by atoms with Crippen LogP contribution in [-0.4, -0.2) is 11.7 Å². The van der Waals surface area contributed by atoms with Gasteiger partial charge in [0.1, 0.15) is 0 Å². The van der Waals surface area contributed by atoms with E-state index in [4.69, 9.17) is 0 Å². The number of benzene rings is 2. The molecule has 1 N–H and O–H groups in total. The highest BCUT2D eigenvalue weighted by Gasteiger charge is 2.12. The van der Waals surface area contributed by atoms with E-state index in [1.807, 2.05) is 36.4 Å². The topological polar surface area (TPSA) is 46.2 Å². The van der Waals surface area contributed by atoms with Crippen molar-refractivity contribution < 1.29 is 9.59 Å². The number of Topliss-reactive ketones (excluding diaryl/α,β-unsaturated/α-hetero) is 1. The van der Waals surface area contributed by atoms with E-state index in [9.17, 15) is 9.59 Å². The molecule has 1 amide bonds. The minimum Gasteiger partial charge on any atom is -0.325 e. The second-order valence-corrected chi connectivity index (χ2v) is 4.53. The first-order valence-electron chi connectivity index (χ1n) is 6.66. The van der Waals surface area contributed by atoms with Crippen LogP contribution in [0.4, 0.5) is 5.69 Å². The first kappa shape index (κ1) is 14.0. The molecular formula is C17H17NO2. The molecule has 0 saturated carbocycles. The van der Waals surface area contributed by atoms with Gasteiger partial charge in [0.25, 0.3) is 0 Å². The Kier molecular flexibility index (Phi) is 4.66. The van der Waals surface area contributed by atoms with Crippen molar-refractivity contribution in [2.45, 2.75) is 19.8 Å². The van der Waals surface area contributed by atoms with Crippen molar-refractivity contribution in [3.8, 4) is 0 Å². The fourth-order valence-corrected chi connectivity index (χ4v) is 1.95. The van der Waals surface area contributed by atoms with Gasteiger partial charge in [-0.15, -0.1) is 0 Å². The summed E-state index contributed by atoms with van der Waals surface area (Å²) in [6.07, 6.45) is 0.723. The van der Waals surface area contributed by atoms with Crippen LogP contribution in [0.1, 0.15) is 29.3 Å². The largest absolute Gasteiger partial charge is 0.325 e. The van der Waals surface area contributed by atoms with Gasteiger partial charge in [0.05, 0.1) is 5.69 Å². The molecule has 2 rings (SSSR count). The van der Waals surface area contributed by atoms with E-state index in [0.29, 0.717) is 24.1 Å². The summed E-state index contributed by atoms with van der Waals surface area (Å²) in [7, 11) is 0. The molecule has 3 heteroatoms. The van der Waals surface area contributed by atoms with Crippen molar-refractivity contribution in [1.29, 1.82) is 0 Å². The molecular weight excluding hydrogens is 250 g/mol. The van der Waals surface area contributed by atoms with Crippen LogP contribution in [0.2, 0.25) is 0 Å². The predicted molar refractivity (Wildman–Crippen MR) is 79.8 cm³/mol. The molecule has 2 aromatic carbocycles. The van der Waals surface area contributed by atoms with Gasteiger partial charge in [-0.2, -0.15) is 0 Å². The summed E-state index contributed by atoms with van der Waals surface area (Å²) in [5, 5.41) is 2.77. The van der Waals surface area contributed by atoms with E-state index < -0.39 is 0 Å². The monoisotopic (exact) mass is 267 g/mol. The van der Waals surface area contributed by atoms with Crippen LogP contribution in [0.15, 0.2) is 54.6 Å². The number of hydrogen-bond donors (Lipinski definition) is 1. The molecule has 0 heterocycles. The van der Waals surface area contributed by atoms with Crippen molar-refractivity contribution in [3.05, 3.63) is 65.7 Å². The van der Waals surface area contributed by atoms with Gasteiger partial charge in [-0.25, -0.2) is 0 Å². The van der Waals surface area contributed by atoms with Gasteiger partial charge >= 0.3 is 0 Å². The second kappa shape index (κ2) is 6.66. The lowest BCUT2D eigenvalue weighted by Crippen LogP contribution is -2.14. The molecule has 0 aliphatic carbocycles. The van der Waals surface area contributed by atoms with Gasteiger partial charge in [-0.1, -0.05) is 49.4 Å². The maximum absolute atomic E-state index is 12.4. The van der Waals surface area contributed by atoms with E-state index in [1.165, 1.54) is 0 Å². The first-order chi connectivity index (χ1) is 9.70. The molecule has 3 nitrogen and oxygen atoms in total. The van der Waals surface area contributed by atoms with Crippen LogP contribution in [0, 0.1) is 0 Å². The Hall–Kier alpha value is -2.42. The van der Waals surface area contributed by atoms with Gasteiger partial charge in [-0.3, -0.25) is 9.59 Å². The fourth-order valence-electron chi connectivity index (χ4n) is 1.95. The molecule has 0 bridgehead atoms. The number of nitrogens with one attached hydrogen (secondary N) is 1. The van der Waals surface area contributed by atoms with Crippen LogP contribution in [0.25, 0.3) is 0 Å². The Bertz CT molecular complexity index is 605. The molecule has 0 aliphatic rings. The molecule has 20 heavy (non-hydrogen) atoms. The van der Waals surface area contributed by atoms with E-state index in [1.54, 1.807) is 25.1 Å². The number of para-hydroxylation sites is 1. The predicted octanol–water partition coefficient (Wildman–Crippen LogP) is 3.46. The van der Waals surface area contributed by atoms with Crippen molar-refractivity contribution in [1.82, 2.24) is 0 Å². The SMILES string of the molecule is CCC(=O)Nc1ccccc1C(=O)Cc1ccccc1. The number of carbonyl (C=O) groups is 2. The van der Waals surface area contributed by atoms with Gasteiger partial charge in [0.2, 0.25) is 5.91 Å². The highest BCUT2D eigenvalue weighted by Crippen LogP contribution is 2.18. The normalized spacial score (nSPS) is 10.1. The first-order valence-corrected chi connectivity index (χ1v) is 6.66. The minimum absolute atomic E-state index is 0.00297. The summed E-state index contributed by atoms with van der Waals surface area (Å²) in [4.78, 5) is 23.8. The van der Waals surface area contributed by atoms with Gasteiger partial charge in [0, 0.05) is 18.4 Å². The van der Waals surface area contributed by atoms with Crippen LogP contribution in [-0.2, 0) is 11.2 Å². The number of carbonyl (C=O) groups excluding carboxylic acids is 2. The Morgan fingerprint density at radius 2 is 1.60 bits per heavy atom. The zero-order valence-corrected chi connectivity index (χ0v) is 11.4. The van der Waals surface area contributed by atoms with Crippen LogP contribution >= 0.6 is 0 Å². The van der Waals surface area contributed by atoms with Gasteiger partial charge in [-0.05, 0) is 17.7 Å². The minimum atomic E-state index is -0.0926. The number of ketones is 1. The highest BCUT2D eigenvalue weighted by molar-refractivity contribution is 6.05. The number of anilines is 1. The third kappa shape index (κ3) is 3.54. The number of rotatable bonds is 5. The highest BCUT2D eigenvalue weighted by atomic mass is 16.1. The Morgan fingerprint density at radius 3 is 2.30 bits per heavy atom. The van der Waals surface area contributed by atoms with E-state index >= 15 is 0 Å². The summed E-state index contributed by atoms with van der Waals surface area (Å²) in [6, 6.07) is 16.7.